The molecule has 2 aromatic rings. The largest absolute Gasteiger partial charge is 0.496 e. The first-order valence-electron chi connectivity index (χ1n) is 7.26. The van der Waals surface area contributed by atoms with E-state index in [1.54, 1.807) is 49.4 Å². The third kappa shape index (κ3) is 4.40. The van der Waals surface area contributed by atoms with Crippen molar-refractivity contribution in [2.75, 3.05) is 19.5 Å². The predicted molar refractivity (Wildman–Crippen MR) is 89.4 cm³/mol. The van der Waals surface area contributed by atoms with Crippen LogP contribution >= 0.6 is 0 Å². The fourth-order valence-electron chi connectivity index (χ4n) is 2.02. The molecule has 1 atom stereocenters. The van der Waals surface area contributed by atoms with Crippen LogP contribution in [0.1, 0.15) is 12.5 Å². The van der Waals surface area contributed by atoms with Gasteiger partial charge in [-0.1, -0.05) is 6.07 Å². The number of hydrogen-bond acceptors (Lipinski definition) is 5. The van der Waals surface area contributed by atoms with Gasteiger partial charge < -0.3 is 19.5 Å². The van der Waals surface area contributed by atoms with E-state index in [0.717, 1.165) is 0 Å². The van der Waals surface area contributed by atoms with E-state index in [2.05, 4.69) is 5.32 Å². The van der Waals surface area contributed by atoms with Crippen LogP contribution in [0.2, 0.25) is 0 Å². The highest BCUT2D eigenvalue weighted by Gasteiger charge is 2.16. The van der Waals surface area contributed by atoms with Crippen molar-refractivity contribution in [3.63, 3.8) is 0 Å². The first-order valence-corrected chi connectivity index (χ1v) is 7.26. The second-order valence-electron chi connectivity index (χ2n) is 4.99. The van der Waals surface area contributed by atoms with Crippen LogP contribution in [0.15, 0.2) is 42.5 Å². The van der Waals surface area contributed by atoms with Gasteiger partial charge >= 0.3 is 0 Å². The molecule has 0 heterocycles. The minimum Gasteiger partial charge on any atom is -0.496 e. The Balaban J connectivity index is 2.07. The highest BCUT2D eigenvalue weighted by atomic mass is 16.5. The number of carbonyl (C=O) groups is 1. The van der Waals surface area contributed by atoms with Gasteiger partial charge in [0.2, 0.25) is 0 Å². The maximum Gasteiger partial charge on any atom is 0.265 e. The van der Waals surface area contributed by atoms with Crippen LogP contribution in [0.25, 0.3) is 0 Å². The lowest BCUT2D eigenvalue weighted by atomic mass is 10.2. The smallest absolute Gasteiger partial charge is 0.265 e. The number of rotatable bonds is 6. The first kappa shape index (κ1) is 17.2. The molecule has 1 amide bonds. The maximum atomic E-state index is 12.2. The van der Waals surface area contributed by atoms with E-state index in [0.29, 0.717) is 28.5 Å². The first-order chi connectivity index (χ1) is 11.5. The number of benzene rings is 2. The molecule has 1 N–H and O–H groups in total. The van der Waals surface area contributed by atoms with Gasteiger partial charge in [-0.15, -0.1) is 0 Å². The van der Waals surface area contributed by atoms with Crippen LogP contribution in [0.5, 0.6) is 17.2 Å². The average Bonchev–Trinajstić information content (AvgIpc) is 2.61. The van der Waals surface area contributed by atoms with Crippen LogP contribution in [-0.4, -0.2) is 26.2 Å². The molecule has 0 aliphatic heterocycles. The Morgan fingerprint density at radius 1 is 1.08 bits per heavy atom. The lowest BCUT2D eigenvalue weighted by Crippen LogP contribution is -2.30. The van der Waals surface area contributed by atoms with Crippen LogP contribution in [-0.2, 0) is 4.79 Å². The summed E-state index contributed by atoms with van der Waals surface area (Å²) in [5.74, 6) is 1.27. The molecule has 0 aromatic heterocycles. The number of amides is 1. The third-order valence-corrected chi connectivity index (χ3v) is 3.27. The monoisotopic (exact) mass is 326 g/mol. The van der Waals surface area contributed by atoms with Gasteiger partial charge in [0.15, 0.2) is 6.10 Å². The molecule has 0 radical (unpaired) electrons. The van der Waals surface area contributed by atoms with Gasteiger partial charge in [-0.2, -0.15) is 5.26 Å². The normalized spacial score (nSPS) is 11.1. The van der Waals surface area contributed by atoms with Gasteiger partial charge in [0.25, 0.3) is 5.91 Å². The molecular weight excluding hydrogens is 308 g/mol. The Morgan fingerprint density at radius 3 is 2.29 bits per heavy atom. The molecule has 24 heavy (non-hydrogen) atoms. The summed E-state index contributed by atoms with van der Waals surface area (Å²) in [5.41, 5.74) is 1.01. The van der Waals surface area contributed by atoms with Crippen molar-refractivity contribution < 1.29 is 19.0 Å². The van der Waals surface area contributed by atoms with E-state index in [1.165, 1.54) is 14.2 Å². The van der Waals surface area contributed by atoms with E-state index in [4.69, 9.17) is 19.5 Å². The fraction of sp³-hybridized carbons (Fsp3) is 0.222. The second kappa shape index (κ2) is 7.88. The fourth-order valence-corrected chi connectivity index (χ4v) is 2.02. The van der Waals surface area contributed by atoms with Crippen molar-refractivity contribution in [1.82, 2.24) is 0 Å². The number of methoxy groups -OCH3 is 2. The molecule has 0 saturated carbocycles. The highest BCUT2D eigenvalue weighted by molar-refractivity contribution is 5.94. The van der Waals surface area contributed by atoms with Crippen molar-refractivity contribution in [3.05, 3.63) is 48.0 Å². The Kier molecular flexibility index (Phi) is 5.63. The average molecular weight is 326 g/mol. The quantitative estimate of drug-likeness (QED) is 0.882. The zero-order valence-electron chi connectivity index (χ0n) is 13.7. The Morgan fingerprint density at radius 2 is 1.71 bits per heavy atom. The summed E-state index contributed by atoms with van der Waals surface area (Å²) in [6, 6.07) is 13.7. The molecule has 0 aliphatic carbocycles. The third-order valence-electron chi connectivity index (χ3n) is 3.27. The van der Waals surface area contributed by atoms with E-state index in [-0.39, 0.29) is 5.91 Å². The van der Waals surface area contributed by atoms with E-state index >= 15 is 0 Å². The number of ether oxygens (including phenoxy) is 3. The number of carbonyl (C=O) groups excluding carboxylic acids is 1. The van der Waals surface area contributed by atoms with E-state index in [1.807, 2.05) is 6.07 Å². The topological polar surface area (TPSA) is 80.6 Å². The van der Waals surface area contributed by atoms with Crippen LogP contribution in [0.4, 0.5) is 5.69 Å². The molecule has 0 bridgehead atoms. The molecule has 0 aliphatic rings. The minimum absolute atomic E-state index is 0.327. The van der Waals surface area contributed by atoms with Crippen molar-refractivity contribution >= 4 is 11.6 Å². The molecule has 0 spiro atoms. The van der Waals surface area contributed by atoms with Gasteiger partial charge in [-0.25, -0.2) is 0 Å². The molecule has 0 unspecified atom stereocenters. The van der Waals surface area contributed by atoms with Crippen molar-refractivity contribution in [2.45, 2.75) is 13.0 Å². The zero-order valence-corrected chi connectivity index (χ0v) is 13.7. The molecule has 6 heteroatoms. The number of hydrogen-bond donors (Lipinski definition) is 1. The molecule has 0 fully saturated rings. The molecule has 6 nitrogen and oxygen atoms in total. The highest BCUT2D eigenvalue weighted by Crippen LogP contribution is 2.28. The van der Waals surface area contributed by atoms with Gasteiger partial charge in [0.05, 0.1) is 25.9 Å². The lowest BCUT2D eigenvalue weighted by molar-refractivity contribution is -0.122. The van der Waals surface area contributed by atoms with E-state index in [9.17, 15) is 4.79 Å². The van der Waals surface area contributed by atoms with Crippen molar-refractivity contribution in [2.24, 2.45) is 0 Å². The Labute approximate surface area is 140 Å². The summed E-state index contributed by atoms with van der Waals surface area (Å²) in [7, 11) is 3.08. The lowest BCUT2D eigenvalue weighted by Gasteiger charge is -2.16. The molecule has 2 aromatic carbocycles. The number of nitrogens with zero attached hydrogens (tertiary/aromatic N) is 1. The van der Waals surface area contributed by atoms with Crippen LogP contribution < -0.4 is 19.5 Å². The summed E-state index contributed by atoms with van der Waals surface area (Å²) < 4.78 is 16.0. The van der Waals surface area contributed by atoms with E-state index < -0.39 is 6.10 Å². The van der Waals surface area contributed by atoms with Gasteiger partial charge in [-0.05, 0) is 25.1 Å². The summed E-state index contributed by atoms with van der Waals surface area (Å²) in [6.45, 7) is 1.63. The summed E-state index contributed by atoms with van der Waals surface area (Å²) in [6.07, 6.45) is -0.743. The van der Waals surface area contributed by atoms with Crippen molar-refractivity contribution in [3.8, 4) is 23.3 Å². The summed E-state index contributed by atoms with van der Waals surface area (Å²) in [5, 5.41) is 11.6. The molecule has 2 rings (SSSR count). The summed E-state index contributed by atoms with van der Waals surface area (Å²) >= 11 is 0. The summed E-state index contributed by atoms with van der Waals surface area (Å²) in [4.78, 5) is 12.2. The Hall–Kier alpha value is -3.20. The van der Waals surface area contributed by atoms with Crippen molar-refractivity contribution in [1.29, 1.82) is 5.26 Å². The maximum absolute atomic E-state index is 12.2. The van der Waals surface area contributed by atoms with Gasteiger partial charge in [-0.3, -0.25) is 4.79 Å². The molecule has 124 valence electrons. The minimum atomic E-state index is -0.743. The zero-order chi connectivity index (χ0) is 17.5. The predicted octanol–water partition coefficient (Wildman–Crippen LogP) is 2.98. The van der Waals surface area contributed by atoms with Crippen LogP contribution in [0.3, 0.4) is 0 Å². The number of nitriles is 1. The van der Waals surface area contributed by atoms with Gasteiger partial charge in [0.1, 0.15) is 17.2 Å². The molecular formula is C18H18N2O4. The Bertz CT molecular complexity index is 746. The number of anilines is 1. The van der Waals surface area contributed by atoms with Gasteiger partial charge in [0, 0.05) is 23.9 Å². The number of nitrogens with one attached hydrogen (secondary N) is 1. The SMILES string of the molecule is COc1cc(OC)cc(O[C@@H](C)C(=O)Nc2cccc(C#N)c2)c1. The standard InChI is InChI=1S/C18H18N2O4/c1-12(18(21)20-14-6-4-5-13(7-14)11-19)24-17-9-15(22-2)8-16(10-17)23-3/h4-10,12H,1-3H3,(H,20,21)/t12-/m0/s1. The van der Waals surface area contributed by atoms with Crippen LogP contribution in [0, 0.1) is 11.3 Å². The molecule has 0 saturated heterocycles. The second-order valence-corrected chi connectivity index (χ2v) is 4.99.